The molecule has 26 heavy (non-hydrogen) atoms. The summed E-state index contributed by atoms with van der Waals surface area (Å²) in [7, 11) is 0. The van der Waals surface area contributed by atoms with E-state index in [2.05, 4.69) is 63.1 Å². The van der Waals surface area contributed by atoms with E-state index >= 15 is 0 Å². The first-order valence-electron chi connectivity index (χ1n) is 9.37. The molecule has 2 aliphatic heterocycles. The van der Waals surface area contributed by atoms with Crippen molar-refractivity contribution in [2.45, 2.75) is 38.3 Å². The SMILES string of the molecule is Clc1ccc2c(c1)CCCCN(C[C@@H]1CCN1)c1cc(I)ccc1OC2. The molecule has 2 aromatic rings. The molecule has 1 N–H and O–H groups in total. The third-order valence-electron chi connectivity index (χ3n) is 5.30. The van der Waals surface area contributed by atoms with Crippen LogP contribution in [-0.4, -0.2) is 25.7 Å². The second kappa shape index (κ2) is 8.36. The van der Waals surface area contributed by atoms with E-state index in [9.17, 15) is 0 Å². The number of benzene rings is 2. The molecule has 0 unspecified atom stereocenters. The fraction of sp³-hybridized carbons (Fsp3) is 0.429. The minimum atomic E-state index is 0.593. The van der Waals surface area contributed by atoms with E-state index in [1.807, 2.05) is 6.07 Å². The zero-order valence-corrected chi connectivity index (χ0v) is 17.7. The van der Waals surface area contributed by atoms with E-state index in [1.165, 1.54) is 39.6 Å². The number of rotatable bonds is 2. The number of nitrogens with one attached hydrogen (secondary N) is 1. The van der Waals surface area contributed by atoms with Gasteiger partial charge in [-0.15, -0.1) is 0 Å². The van der Waals surface area contributed by atoms with E-state index in [0.29, 0.717) is 12.6 Å². The van der Waals surface area contributed by atoms with Crippen LogP contribution >= 0.6 is 34.2 Å². The topological polar surface area (TPSA) is 24.5 Å². The largest absolute Gasteiger partial charge is 0.487 e. The standard InChI is InChI=1S/C21H24ClIN2O/c22-17-5-4-16-14-26-21-7-6-18(23)12-20(21)25(13-19-8-9-24-19)10-2-1-3-15(16)11-17/h4-7,11-12,19,24H,1-3,8-10,13-14H2/t19-/m0/s1. The first-order chi connectivity index (χ1) is 12.7. The fourth-order valence-electron chi connectivity index (χ4n) is 3.68. The molecule has 2 aromatic carbocycles. The van der Waals surface area contributed by atoms with Crippen LogP contribution in [0, 0.1) is 3.57 Å². The lowest BCUT2D eigenvalue weighted by atomic mass is 10.0. The van der Waals surface area contributed by atoms with Crippen LogP contribution in [0.25, 0.3) is 0 Å². The maximum atomic E-state index is 6.30. The Balaban J connectivity index is 1.64. The molecule has 0 saturated carbocycles. The highest BCUT2D eigenvalue weighted by Crippen LogP contribution is 2.33. The molecule has 1 saturated heterocycles. The quantitative estimate of drug-likeness (QED) is 0.608. The average Bonchev–Trinajstić information content (AvgIpc) is 2.62. The van der Waals surface area contributed by atoms with Crippen LogP contribution in [0.15, 0.2) is 36.4 Å². The number of aryl methyl sites for hydroxylation is 1. The molecule has 0 amide bonds. The van der Waals surface area contributed by atoms with Gasteiger partial charge in [0, 0.05) is 27.7 Å². The van der Waals surface area contributed by atoms with Gasteiger partial charge < -0.3 is 15.0 Å². The van der Waals surface area contributed by atoms with E-state index in [4.69, 9.17) is 16.3 Å². The van der Waals surface area contributed by atoms with E-state index in [1.54, 1.807) is 0 Å². The number of anilines is 1. The van der Waals surface area contributed by atoms with Crippen LogP contribution in [0.4, 0.5) is 5.69 Å². The Hall–Kier alpha value is -0.980. The van der Waals surface area contributed by atoms with Crippen LogP contribution in [-0.2, 0) is 13.0 Å². The van der Waals surface area contributed by atoms with Crippen molar-refractivity contribution in [1.29, 1.82) is 0 Å². The molecule has 5 heteroatoms. The summed E-state index contributed by atoms with van der Waals surface area (Å²) < 4.78 is 7.54. The summed E-state index contributed by atoms with van der Waals surface area (Å²) >= 11 is 8.61. The summed E-state index contributed by atoms with van der Waals surface area (Å²) in [6.45, 7) is 3.85. The van der Waals surface area contributed by atoms with Gasteiger partial charge in [-0.25, -0.2) is 0 Å². The van der Waals surface area contributed by atoms with Crippen molar-refractivity contribution in [3.63, 3.8) is 0 Å². The van der Waals surface area contributed by atoms with Crippen molar-refractivity contribution in [3.05, 3.63) is 56.1 Å². The smallest absolute Gasteiger partial charge is 0.143 e. The molecule has 3 nitrogen and oxygen atoms in total. The van der Waals surface area contributed by atoms with Gasteiger partial charge in [-0.05, 0) is 96.3 Å². The molecule has 0 spiro atoms. The van der Waals surface area contributed by atoms with Crippen LogP contribution in [0.5, 0.6) is 5.75 Å². The van der Waals surface area contributed by atoms with E-state index in [-0.39, 0.29) is 0 Å². The lowest BCUT2D eigenvalue weighted by Gasteiger charge is -2.35. The second-order valence-electron chi connectivity index (χ2n) is 7.16. The predicted octanol–water partition coefficient (Wildman–Crippen LogP) is 5.03. The van der Waals surface area contributed by atoms with Gasteiger partial charge in [-0.2, -0.15) is 0 Å². The number of ether oxygens (including phenoxy) is 1. The Labute approximate surface area is 174 Å². The summed E-state index contributed by atoms with van der Waals surface area (Å²) in [6, 6.07) is 13.3. The highest BCUT2D eigenvalue weighted by Gasteiger charge is 2.22. The zero-order valence-electron chi connectivity index (χ0n) is 14.8. The van der Waals surface area contributed by atoms with Gasteiger partial charge in [0.25, 0.3) is 0 Å². The molecule has 138 valence electrons. The molecule has 4 rings (SSSR count). The van der Waals surface area contributed by atoms with Crippen LogP contribution < -0.4 is 15.0 Å². The summed E-state index contributed by atoms with van der Waals surface area (Å²) in [5.41, 5.74) is 3.79. The van der Waals surface area contributed by atoms with E-state index < -0.39 is 0 Å². The Morgan fingerprint density at radius 2 is 2.04 bits per heavy atom. The molecule has 1 fully saturated rings. The van der Waals surface area contributed by atoms with Gasteiger partial charge in [0.15, 0.2) is 0 Å². The van der Waals surface area contributed by atoms with Gasteiger partial charge in [-0.3, -0.25) is 0 Å². The monoisotopic (exact) mass is 482 g/mol. The van der Waals surface area contributed by atoms with Crippen LogP contribution in [0.3, 0.4) is 0 Å². The summed E-state index contributed by atoms with van der Waals surface area (Å²) in [5.74, 6) is 0.979. The highest BCUT2D eigenvalue weighted by atomic mass is 127. The van der Waals surface area contributed by atoms with Crippen molar-refractivity contribution in [2.75, 3.05) is 24.5 Å². The third kappa shape index (κ3) is 4.29. The molecule has 0 aliphatic carbocycles. The molecule has 2 heterocycles. The fourth-order valence-corrected chi connectivity index (χ4v) is 4.35. The Kier molecular flexibility index (Phi) is 5.91. The lowest BCUT2D eigenvalue weighted by molar-refractivity contribution is 0.304. The second-order valence-corrected chi connectivity index (χ2v) is 8.84. The molecule has 0 aromatic heterocycles. The minimum absolute atomic E-state index is 0.593. The van der Waals surface area contributed by atoms with Gasteiger partial charge in [0.1, 0.15) is 12.4 Å². The maximum Gasteiger partial charge on any atom is 0.143 e. The van der Waals surface area contributed by atoms with Gasteiger partial charge in [-0.1, -0.05) is 17.7 Å². The first-order valence-corrected chi connectivity index (χ1v) is 10.8. The average molecular weight is 483 g/mol. The Bertz CT molecular complexity index is 779. The van der Waals surface area contributed by atoms with Crippen molar-refractivity contribution in [1.82, 2.24) is 5.32 Å². The minimum Gasteiger partial charge on any atom is -0.487 e. The van der Waals surface area contributed by atoms with Crippen molar-refractivity contribution in [3.8, 4) is 5.75 Å². The van der Waals surface area contributed by atoms with Crippen molar-refractivity contribution in [2.24, 2.45) is 0 Å². The highest BCUT2D eigenvalue weighted by molar-refractivity contribution is 14.1. The van der Waals surface area contributed by atoms with Crippen molar-refractivity contribution < 1.29 is 4.74 Å². The number of fused-ring (bicyclic) bond motifs is 2. The molecular formula is C21H24ClIN2O. The zero-order chi connectivity index (χ0) is 17.9. The predicted molar refractivity (Wildman–Crippen MR) is 117 cm³/mol. The van der Waals surface area contributed by atoms with Gasteiger partial charge in [0.2, 0.25) is 0 Å². The normalized spacial score (nSPS) is 20.2. The van der Waals surface area contributed by atoms with Crippen LogP contribution in [0.2, 0.25) is 5.02 Å². The van der Waals surface area contributed by atoms with Gasteiger partial charge in [0.05, 0.1) is 5.69 Å². The Morgan fingerprint density at radius 3 is 2.85 bits per heavy atom. The molecule has 2 aliphatic rings. The number of halogens is 2. The molecular weight excluding hydrogens is 459 g/mol. The lowest BCUT2D eigenvalue weighted by Crippen LogP contribution is -2.50. The molecule has 0 radical (unpaired) electrons. The van der Waals surface area contributed by atoms with E-state index in [0.717, 1.165) is 36.8 Å². The molecule has 0 bridgehead atoms. The summed E-state index contributed by atoms with van der Waals surface area (Å²) in [6.07, 6.45) is 4.66. The first kappa shape index (κ1) is 18.4. The summed E-state index contributed by atoms with van der Waals surface area (Å²) in [4.78, 5) is 2.51. The third-order valence-corrected chi connectivity index (χ3v) is 6.21. The van der Waals surface area contributed by atoms with Crippen molar-refractivity contribution >= 4 is 39.9 Å². The number of hydrogen-bond acceptors (Lipinski definition) is 3. The van der Waals surface area contributed by atoms with Gasteiger partial charge >= 0.3 is 0 Å². The number of hydrogen-bond donors (Lipinski definition) is 1. The maximum absolute atomic E-state index is 6.30. The van der Waals surface area contributed by atoms with Crippen LogP contribution in [0.1, 0.15) is 30.4 Å². The molecule has 1 atom stereocenters. The number of nitrogens with zero attached hydrogens (tertiary/aromatic N) is 1. The Morgan fingerprint density at radius 1 is 1.15 bits per heavy atom. The summed E-state index contributed by atoms with van der Waals surface area (Å²) in [5, 5.41) is 4.35.